The quantitative estimate of drug-likeness (QED) is 0.170. The van der Waals surface area contributed by atoms with Crippen molar-refractivity contribution in [1.82, 2.24) is 14.7 Å². The van der Waals surface area contributed by atoms with Crippen LogP contribution in [0.2, 0.25) is 0 Å². The Bertz CT molecular complexity index is 1240. The fourth-order valence-corrected chi connectivity index (χ4v) is 5.50. The molecule has 6 heteroatoms. The van der Waals surface area contributed by atoms with Gasteiger partial charge in [-0.25, -0.2) is 4.68 Å². The van der Waals surface area contributed by atoms with E-state index in [2.05, 4.69) is 45.9 Å². The van der Waals surface area contributed by atoms with Crippen molar-refractivity contribution in [1.29, 1.82) is 0 Å². The molecule has 1 fully saturated rings. The summed E-state index contributed by atoms with van der Waals surface area (Å²) < 4.78 is 2.54. The van der Waals surface area contributed by atoms with Gasteiger partial charge in [0.05, 0.1) is 10.6 Å². The van der Waals surface area contributed by atoms with Gasteiger partial charge in [-0.2, -0.15) is 5.10 Å². The summed E-state index contributed by atoms with van der Waals surface area (Å²) in [4.78, 5) is 15.7. The van der Waals surface area contributed by atoms with E-state index in [-0.39, 0.29) is 5.91 Å². The molecule has 4 rings (SSSR count). The number of thioether (sulfide) groups is 1. The summed E-state index contributed by atoms with van der Waals surface area (Å²) in [6.45, 7) is 9.38. The van der Waals surface area contributed by atoms with E-state index in [1.807, 2.05) is 47.3 Å². The third-order valence-corrected chi connectivity index (χ3v) is 7.72. The van der Waals surface area contributed by atoms with Gasteiger partial charge in [-0.1, -0.05) is 94.3 Å². The van der Waals surface area contributed by atoms with Crippen LogP contribution in [0.15, 0.2) is 59.6 Å². The Morgan fingerprint density at radius 2 is 1.86 bits per heavy atom. The minimum Gasteiger partial charge on any atom is -0.293 e. The van der Waals surface area contributed by atoms with Crippen molar-refractivity contribution >= 4 is 40.3 Å². The summed E-state index contributed by atoms with van der Waals surface area (Å²) >= 11 is 6.96. The van der Waals surface area contributed by atoms with Crippen molar-refractivity contribution < 1.29 is 4.79 Å². The van der Waals surface area contributed by atoms with E-state index >= 15 is 0 Å². The van der Waals surface area contributed by atoms with Crippen LogP contribution < -0.4 is 0 Å². The SMILES string of the molecule is CCCCCCN1C(=O)C(=Cc2cn(-c3ccccc3)nc2-c2cc(C(C)C)ccc2C)SC1=S. The molecule has 0 spiro atoms. The number of aryl methyl sites for hydroxylation is 1. The van der Waals surface area contributed by atoms with E-state index in [0.29, 0.717) is 21.7 Å². The van der Waals surface area contributed by atoms with Gasteiger partial charge in [-0.05, 0) is 54.7 Å². The Hall–Kier alpha value is -2.70. The van der Waals surface area contributed by atoms with Crippen molar-refractivity contribution in [3.8, 4) is 16.9 Å². The van der Waals surface area contributed by atoms with Crippen LogP contribution in [0.4, 0.5) is 0 Å². The number of amides is 1. The minimum absolute atomic E-state index is 0.00237. The Labute approximate surface area is 218 Å². The lowest BCUT2D eigenvalue weighted by atomic mass is 9.95. The van der Waals surface area contributed by atoms with Crippen molar-refractivity contribution in [2.45, 2.75) is 59.3 Å². The van der Waals surface area contributed by atoms with Crippen molar-refractivity contribution in [2.75, 3.05) is 6.54 Å². The van der Waals surface area contributed by atoms with E-state index in [0.717, 1.165) is 40.9 Å². The van der Waals surface area contributed by atoms with E-state index in [4.69, 9.17) is 17.3 Å². The summed E-state index contributed by atoms with van der Waals surface area (Å²) in [5.41, 5.74) is 6.29. The molecule has 2 heterocycles. The fourth-order valence-electron chi connectivity index (χ4n) is 4.20. The highest BCUT2D eigenvalue weighted by Crippen LogP contribution is 2.36. The van der Waals surface area contributed by atoms with Crippen molar-refractivity contribution in [3.05, 3.63) is 76.3 Å². The molecule has 0 saturated carbocycles. The topological polar surface area (TPSA) is 38.1 Å². The van der Waals surface area contributed by atoms with Gasteiger partial charge in [0.2, 0.25) is 0 Å². The predicted molar refractivity (Wildman–Crippen MR) is 152 cm³/mol. The van der Waals surface area contributed by atoms with Gasteiger partial charge in [-0.3, -0.25) is 9.69 Å². The number of rotatable bonds is 9. The molecule has 1 amide bonds. The third kappa shape index (κ3) is 5.76. The Morgan fingerprint density at radius 1 is 1.09 bits per heavy atom. The molecular weight excluding hydrogens is 470 g/mol. The molecule has 182 valence electrons. The summed E-state index contributed by atoms with van der Waals surface area (Å²) in [7, 11) is 0. The number of nitrogens with zero attached hydrogens (tertiary/aromatic N) is 3. The summed E-state index contributed by atoms with van der Waals surface area (Å²) in [6.07, 6.45) is 8.43. The molecule has 1 aliphatic heterocycles. The van der Waals surface area contributed by atoms with Crippen LogP contribution in [0.5, 0.6) is 0 Å². The van der Waals surface area contributed by atoms with Gasteiger partial charge in [-0.15, -0.1) is 0 Å². The third-order valence-electron chi connectivity index (χ3n) is 6.34. The van der Waals surface area contributed by atoms with Crippen LogP contribution in [0.3, 0.4) is 0 Å². The van der Waals surface area contributed by atoms with E-state index in [1.54, 1.807) is 4.90 Å². The smallest absolute Gasteiger partial charge is 0.266 e. The zero-order valence-electron chi connectivity index (χ0n) is 21.0. The second kappa shape index (κ2) is 11.4. The van der Waals surface area contributed by atoms with Crippen LogP contribution in [0.1, 0.15) is 69.1 Å². The second-order valence-electron chi connectivity index (χ2n) is 9.34. The Morgan fingerprint density at radius 3 is 2.57 bits per heavy atom. The van der Waals surface area contributed by atoms with Crippen LogP contribution in [0, 0.1) is 6.92 Å². The highest BCUT2D eigenvalue weighted by molar-refractivity contribution is 8.26. The first-order chi connectivity index (χ1) is 16.9. The average Bonchev–Trinajstić information content (AvgIpc) is 3.38. The first-order valence-corrected chi connectivity index (χ1v) is 13.6. The monoisotopic (exact) mass is 503 g/mol. The number of para-hydroxylation sites is 1. The van der Waals surface area contributed by atoms with Crippen LogP contribution in [0.25, 0.3) is 23.0 Å². The number of carbonyl (C=O) groups is 1. The Balaban J connectivity index is 1.74. The van der Waals surface area contributed by atoms with Crippen molar-refractivity contribution in [2.24, 2.45) is 0 Å². The first kappa shape index (κ1) is 25.4. The van der Waals surface area contributed by atoms with Crippen LogP contribution in [-0.2, 0) is 4.79 Å². The molecule has 1 aliphatic rings. The highest BCUT2D eigenvalue weighted by Gasteiger charge is 2.32. The second-order valence-corrected chi connectivity index (χ2v) is 11.0. The number of unbranched alkanes of at least 4 members (excludes halogenated alkanes) is 3. The fraction of sp³-hybridized carbons (Fsp3) is 0.345. The lowest BCUT2D eigenvalue weighted by Crippen LogP contribution is -2.29. The number of carbonyl (C=O) groups excluding carboxylic acids is 1. The molecule has 3 aromatic rings. The average molecular weight is 504 g/mol. The number of aromatic nitrogens is 2. The molecule has 0 N–H and O–H groups in total. The Kier molecular flexibility index (Phi) is 8.24. The zero-order chi connectivity index (χ0) is 24.9. The molecule has 0 aliphatic carbocycles. The van der Waals surface area contributed by atoms with Gasteiger partial charge < -0.3 is 0 Å². The predicted octanol–water partition coefficient (Wildman–Crippen LogP) is 7.75. The lowest BCUT2D eigenvalue weighted by Gasteiger charge is -2.13. The molecular formula is C29H33N3OS2. The number of benzene rings is 2. The van der Waals surface area contributed by atoms with Crippen molar-refractivity contribution in [3.63, 3.8) is 0 Å². The highest BCUT2D eigenvalue weighted by atomic mass is 32.2. The van der Waals surface area contributed by atoms with Gasteiger partial charge in [0, 0.05) is 23.9 Å². The van der Waals surface area contributed by atoms with Gasteiger partial charge in [0.1, 0.15) is 10.0 Å². The normalized spacial score (nSPS) is 15.1. The summed E-state index contributed by atoms with van der Waals surface area (Å²) in [5, 5.41) is 4.99. The maximum absolute atomic E-state index is 13.2. The van der Waals surface area contributed by atoms with Crippen LogP contribution >= 0.6 is 24.0 Å². The maximum atomic E-state index is 13.2. The number of thiocarbonyl (C=S) groups is 1. The van der Waals surface area contributed by atoms with Crippen LogP contribution in [-0.4, -0.2) is 31.5 Å². The van der Waals surface area contributed by atoms with Gasteiger partial charge in [0.15, 0.2) is 0 Å². The minimum atomic E-state index is 0.00237. The molecule has 0 atom stereocenters. The van der Waals surface area contributed by atoms with E-state index in [1.165, 1.54) is 30.2 Å². The summed E-state index contributed by atoms with van der Waals surface area (Å²) in [5.74, 6) is 0.417. The molecule has 0 radical (unpaired) electrons. The van der Waals surface area contributed by atoms with Gasteiger partial charge >= 0.3 is 0 Å². The molecule has 2 aromatic carbocycles. The maximum Gasteiger partial charge on any atom is 0.266 e. The molecule has 4 nitrogen and oxygen atoms in total. The number of hydrogen-bond donors (Lipinski definition) is 0. The summed E-state index contributed by atoms with van der Waals surface area (Å²) in [6, 6.07) is 16.6. The molecule has 35 heavy (non-hydrogen) atoms. The molecule has 1 saturated heterocycles. The zero-order valence-corrected chi connectivity index (χ0v) is 22.6. The molecule has 0 bridgehead atoms. The van der Waals surface area contributed by atoms with E-state index < -0.39 is 0 Å². The first-order valence-electron chi connectivity index (χ1n) is 12.4. The molecule has 0 unspecified atom stereocenters. The van der Waals surface area contributed by atoms with Gasteiger partial charge in [0.25, 0.3) is 5.91 Å². The van der Waals surface area contributed by atoms with E-state index in [9.17, 15) is 4.79 Å². The number of hydrogen-bond acceptors (Lipinski definition) is 4. The lowest BCUT2D eigenvalue weighted by molar-refractivity contribution is -0.122. The molecule has 1 aromatic heterocycles. The standard InChI is InChI=1S/C29H33N3OS2/c1-5-6-7-11-16-31-28(33)26(35-29(31)34)18-23-19-32(24-12-9-8-10-13-24)30-27(23)25-17-22(20(2)3)15-14-21(25)4/h8-10,12-15,17-20H,5-7,11,16H2,1-4H3. The largest absolute Gasteiger partial charge is 0.293 e.